The predicted octanol–water partition coefficient (Wildman–Crippen LogP) is 1.64. The molecule has 1 aliphatic rings. The van der Waals surface area contributed by atoms with E-state index in [0.29, 0.717) is 6.04 Å². The van der Waals surface area contributed by atoms with Crippen LogP contribution in [-0.2, 0) is 6.42 Å². The van der Waals surface area contributed by atoms with E-state index in [4.69, 9.17) is 5.73 Å². The first kappa shape index (κ1) is 13.4. The van der Waals surface area contributed by atoms with Gasteiger partial charge in [-0.05, 0) is 51.1 Å². The molecule has 100 valence electrons. The van der Waals surface area contributed by atoms with Crippen LogP contribution >= 0.6 is 0 Å². The molecule has 1 aliphatic heterocycles. The summed E-state index contributed by atoms with van der Waals surface area (Å²) in [4.78, 5) is 4.93. The van der Waals surface area contributed by atoms with Crippen LogP contribution in [0.3, 0.4) is 0 Å². The van der Waals surface area contributed by atoms with Crippen LogP contribution in [0.5, 0.6) is 0 Å². The maximum absolute atomic E-state index is 5.61. The van der Waals surface area contributed by atoms with E-state index in [0.717, 1.165) is 32.6 Å². The van der Waals surface area contributed by atoms with Gasteiger partial charge in [-0.15, -0.1) is 0 Å². The van der Waals surface area contributed by atoms with E-state index in [1.165, 1.54) is 16.8 Å². The van der Waals surface area contributed by atoms with Gasteiger partial charge in [-0.1, -0.05) is 12.1 Å². The number of rotatable bonds is 3. The molecule has 2 rings (SSSR count). The molecule has 2 N–H and O–H groups in total. The summed E-state index contributed by atoms with van der Waals surface area (Å²) < 4.78 is 0. The average molecular weight is 247 g/mol. The van der Waals surface area contributed by atoms with Gasteiger partial charge in [0.1, 0.15) is 0 Å². The van der Waals surface area contributed by atoms with Crippen LogP contribution in [-0.4, -0.2) is 44.2 Å². The fraction of sp³-hybridized carbons (Fsp3) is 0.600. The number of nitrogens with zero attached hydrogens (tertiary/aromatic N) is 2. The molecule has 0 bridgehead atoms. The normalized spacial score (nSPS) is 21.3. The molecule has 0 aromatic heterocycles. The lowest BCUT2D eigenvalue weighted by atomic mass is 10.0. The van der Waals surface area contributed by atoms with Crippen LogP contribution in [0.4, 0.5) is 5.69 Å². The second-order valence-electron chi connectivity index (χ2n) is 5.44. The molecular weight excluding hydrogens is 222 g/mol. The molecule has 1 atom stereocenters. The van der Waals surface area contributed by atoms with Gasteiger partial charge in [-0.25, -0.2) is 0 Å². The SMILES string of the molecule is Cc1cc(CCN)ccc1N1CCN(C)C(C)C1. The quantitative estimate of drug-likeness (QED) is 0.881. The van der Waals surface area contributed by atoms with E-state index in [1.54, 1.807) is 0 Å². The Morgan fingerprint density at radius 1 is 1.33 bits per heavy atom. The van der Waals surface area contributed by atoms with E-state index < -0.39 is 0 Å². The molecule has 1 fully saturated rings. The Morgan fingerprint density at radius 3 is 2.72 bits per heavy atom. The summed E-state index contributed by atoms with van der Waals surface area (Å²) in [6.07, 6.45) is 0.972. The van der Waals surface area contributed by atoms with Crippen LogP contribution in [0, 0.1) is 6.92 Å². The second-order valence-corrected chi connectivity index (χ2v) is 5.44. The first-order chi connectivity index (χ1) is 8.61. The van der Waals surface area contributed by atoms with Crippen molar-refractivity contribution in [3.05, 3.63) is 29.3 Å². The van der Waals surface area contributed by atoms with Crippen molar-refractivity contribution in [2.75, 3.05) is 38.1 Å². The van der Waals surface area contributed by atoms with Crippen molar-refractivity contribution in [2.45, 2.75) is 26.3 Å². The molecule has 18 heavy (non-hydrogen) atoms. The van der Waals surface area contributed by atoms with Crippen molar-refractivity contribution in [1.82, 2.24) is 4.90 Å². The Kier molecular flexibility index (Phi) is 4.25. The van der Waals surface area contributed by atoms with Crippen LogP contribution in [0.2, 0.25) is 0 Å². The maximum Gasteiger partial charge on any atom is 0.0397 e. The first-order valence-electron chi connectivity index (χ1n) is 6.86. The molecule has 0 saturated carbocycles. The summed E-state index contributed by atoms with van der Waals surface area (Å²) in [6, 6.07) is 7.39. The zero-order chi connectivity index (χ0) is 13.1. The highest BCUT2D eigenvalue weighted by atomic mass is 15.3. The fourth-order valence-corrected chi connectivity index (χ4v) is 2.66. The standard InChI is InChI=1S/C15H25N3/c1-12-10-14(6-7-16)4-5-15(12)18-9-8-17(3)13(2)11-18/h4-5,10,13H,6-9,11,16H2,1-3H3. The summed E-state index contributed by atoms with van der Waals surface area (Å²) in [7, 11) is 2.21. The molecule has 0 aliphatic carbocycles. The number of aryl methyl sites for hydroxylation is 1. The van der Waals surface area contributed by atoms with Gasteiger partial charge in [0.2, 0.25) is 0 Å². The summed E-state index contributed by atoms with van der Waals surface area (Å²) in [5.41, 5.74) is 9.71. The predicted molar refractivity (Wildman–Crippen MR) is 78.2 cm³/mol. The van der Waals surface area contributed by atoms with Gasteiger partial charge in [0.05, 0.1) is 0 Å². The van der Waals surface area contributed by atoms with Gasteiger partial charge in [0.15, 0.2) is 0 Å². The molecule has 1 aromatic rings. The van der Waals surface area contributed by atoms with Crippen LogP contribution in [0.1, 0.15) is 18.1 Å². The summed E-state index contributed by atoms with van der Waals surface area (Å²) in [5.74, 6) is 0. The average Bonchev–Trinajstić information content (AvgIpc) is 2.34. The second kappa shape index (κ2) is 5.72. The van der Waals surface area contributed by atoms with Crippen molar-refractivity contribution < 1.29 is 0 Å². The van der Waals surface area contributed by atoms with E-state index in [9.17, 15) is 0 Å². The van der Waals surface area contributed by atoms with E-state index >= 15 is 0 Å². The van der Waals surface area contributed by atoms with Gasteiger partial charge < -0.3 is 15.5 Å². The molecule has 0 amide bonds. The highest BCUT2D eigenvalue weighted by Gasteiger charge is 2.21. The smallest absolute Gasteiger partial charge is 0.0397 e. The largest absolute Gasteiger partial charge is 0.368 e. The lowest BCUT2D eigenvalue weighted by Crippen LogP contribution is -2.50. The minimum Gasteiger partial charge on any atom is -0.368 e. The molecule has 1 heterocycles. The lowest BCUT2D eigenvalue weighted by molar-refractivity contribution is 0.234. The monoisotopic (exact) mass is 247 g/mol. The Balaban J connectivity index is 2.13. The Bertz CT molecular complexity index is 403. The highest BCUT2D eigenvalue weighted by Crippen LogP contribution is 2.24. The van der Waals surface area contributed by atoms with Crippen molar-refractivity contribution in [2.24, 2.45) is 5.73 Å². The van der Waals surface area contributed by atoms with Gasteiger partial charge in [-0.3, -0.25) is 0 Å². The van der Waals surface area contributed by atoms with Gasteiger partial charge >= 0.3 is 0 Å². The molecule has 3 heteroatoms. The summed E-state index contributed by atoms with van der Waals surface area (Å²) >= 11 is 0. The van der Waals surface area contributed by atoms with Gasteiger partial charge in [-0.2, -0.15) is 0 Å². The number of nitrogens with two attached hydrogens (primary N) is 1. The minimum absolute atomic E-state index is 0.627. The van der Waals surface area contributed by atoms with Gasteiger partial charge in [0.25, 0.3) is 0 Å². The van der Waals surface area contributed by atoms with Gasteiger partial charge in [0, 0.05) is 31.4 Å². The van der Waals surface area contributed by atoms with Crippen molar-refractivity contribution in [3.8, 4) is 0 Å². The van der Waals surface area contributed by atoms with Crippen molar-refractivity contribution in [3.63, 3.8) is 0 Å². The molecule has 0 spiro atoms. The Hall–Kier alpha value is -1.06. The minimum atomic E-state index is 0.627. The first-order valence-corrected chi connectivity index (χ1v) is 6.86. The molecule has 3 nitrogen and oxygen atoms in total. The fourth-order valence-electron chi connectivity index (χ4n) is 2.66. The number of likely N-dealkylation sites (N-methyl/N-ethyl adjacent to an activating group) is 1. The molecule has 1 unspecified atom stereocenters. The number of hydrogen-bond acceptors (Lipinski definition) is 3. The number of piperazine rings is 1. The highest BCUT2D eigenvalue weighted by molar-refractivity contribution is 5.55. The third-order valence-electron chi connectivity index (χ3n) is 3.99. The number of hydrogen-bond donors (Lipinski definition) is 1. The topological polar surface area (TPSA) is 32.5 Å². The van der Waals surface area contributed by atoms with E-state index in [2.05, 4.69) is 48.9 Å². The molecule has 0 radical (unpaired) electrons. The zero-order valence-electron chi connectivity index (χ0n) is 11.8. The summed E-state index contributed by atoms with van der Waals surface area (Å²) in [5, 5.41) is 0. The van der Waals surface area contributed by atoms with Crippen LogP contribution in [0.15, 0.2) is 18.2 Å². The Labute approximate surface area is 111 Å². The lowest BCUT2D eigenvalue weighted by Gasteiger charge is -2.39. The number of anilines is 1. The van der Waals surface area contributed by atoms with Crippen molar-refractivity contribution >= 4 is 5.69 Å². The van der Waals surface area contributed by atoms with Crippen LogP contribution in [0.25, 0.3) is 0 Å². The third kappa shape index (κ3) is 2.85. The van der Waals surface area contributed by atoms with E-state index in [1.807, 2.05) is 0 Å². The molecule has 1 saturated heterocycles. The maximum atomic E-state index is 5.61. The molecule has 1 aromatic carbocycles. The molecular formula is C15H25N3. The van der Waals surface area contributed by atoms with Crippen molar-refractivity contribution in [1.29, 1.82) is 0 Å². The number of benzene rings is 1. The van der Waals surface area contributed by atoms with Crippen LogP contribution < -0.4 is 10.6 Å². The van der Waals surface area contributed by atoms with E-state index in [-0.39, 0.29) is 0 Å². The third-order valence-corrected chi connectivity index (χ3v) is 3.99. The summed E-state index contributed by atoms with van der Waals surface area (Å²) in [6.45, 7) is 8.61. The zero-order valence-corrected chi connectivity index (χ0v) is 11.8. The Morgan fingerprint density at radius 2 is 2.11 bits per heavy atom.